The predicted octanol–water partition coefficient (Wildman–Crippen LogP) is 3.26. The highest BCUT2D eigenvalue weighted by Crippen LogP contribution is 2.16. The lowest BCUT2D eigenvalue weighted by Crippen LogP contribution is -2.39. The third kappa shape index (κ3) is 8.96. The van der Waals surface area contributed by atoms with Gasteiger partial charge >= 0.3 is 0 Å². The van der Waals surface area contributed by atoms with Crippen LogP contribution in [0.1, 0.15) is 38.7 Å². The standard InChI is InChI=1S/C21H36N4O2.HI/c1-4-22-21(24-16-19-8-6-14-25(19)5-2)23-13-7-15-27-17-18-9-11-20(26-3)12-10-18;/h9-12,19H,4-8,13-17H2,1-3H3,(H2,22,23,24);1H. The van der Waals surface area contributed by atoms with Gasteiger partial charge in [-0.3, -0.25) is 9.89 Å². The van der Waals surface area contributed by atoms with E-state index >= 15 is 0 Å². The molecule has 0 bridgehead atoms. The van der Waals surface area contributed by atoms with E-state index in [9.17, 15) is 0 Å². The van der Waals surface area contributed by atoms with E-state index in [1.54, 1.807) is 7.11 Å². The molecule has 160 valence electrons. The molecule has 0 aliphatic carbocycles. The largest absolute Gasteiger partial charge is 0.497 e. The highest BCUT2D eigenvalue weighted by molar-refractivity contribution is 14.0. The number of hydrogen-bond acceptors (Lipinski definition) is 4. The van der Waals surface area contributed by atoms with E-state index in [0.29, 0.717) is 12.6 Å². The lowest BCUT2D eigenvalue weighted by molar-refractivity contribution is 0.119. The van der Waals surface area contributed by atoms with Crippen LogP contribution < -0.4 is 15.4 Å². The summed E-state index contributed by atoms with van der Waals surface area (Å²) < 4.78 is 10.9. The second kappa shape index (κ2) is 14.9. The van der Waals surface area contributed by atoms with Crippen LogP contribution in [-0.2, 0) is 11.3 Å². The molecule has 1 saturated heterocycles. The minimum Gasteiger partial charge on any atom is -0.497 e. The first-order chi connectivity index (χ1) is 13.3. The van der Waals surface area contributed by atoms with Gasteiger partial charge in [-0.25, -0.2) is 0 Å². The zero-order valence-electron chi connectivity index (χ0n) is 17.6. The van der Waals surface area contributed by atoms with Gasteiger partial charge in [0, 0.05) is 25.7 Å². The highest BCUT2D eigenvalue weighted by atomic mass is 127. The molecule has 1 aliphatic rings. The van der Waals surface area contributed by atoms with Gasteiger partial charge < -0.3 is 20.1 Å². The molecule has 1 fully saturated rings. The third-order valence-electron chi connectivity index (χ3n) is 4.90. The summed E-state index contributed by atoms with van der Waals surface area (Å²) >= 11 is 0. The zero-order valence-corrected chi connectivity index (χ0v) is 19.9. The van der Waals surface area contributed by atoms with Crippen molar-refractivity contribution in [3.05, 3.63) is 29.8 Å². The molecule has 1 atom stereocenters. The number of ether oxygens (including phenoxy) is 2. The third-order valence-corrected chi connectivity index (χ3v) is 4.90. The molecule has 1 aromatic carbocycles. The van der Waals surface area contributed by atoms with Gasteiger partial charge in [-0.05, 0) is 57.0 Å². The number of aliphatic imine (C=N–C) groups is 1. The number of methoxy groups -OCH3 is 1. The normalized spacial score (nSPS) is 17.2. The second-order valence-corrected chi connectivity index (χ2v) is 6.83. The van der Waals surface area contributed by atoms with Gasteiger partial charge in [0.1, 0.15) is 5.75 Å². The fourth-order valence-corrected chi connectivity index (χ4v) is 3.35. The van der Waals surface area contributed by atoms with Crippen LogP contribution >= 0.6 is 24.0 Å². The smallest absolute Gasteiger partial charge is 0.191 e. The lowest BCUT2D eigenvalue weighted by Gasteiger charge is -2.21. The summed E-state index contributed by atoms with van der Waals surface area (Å²) in [5.41, 5.74) is 1.16. The minimum absolute atomic E-state index is 0. The first kappa shape index (κ1) is 25.0. The Morgan fingerprint density at radius 2 is 2.00 bits per heavy atom. The van der Waals surface area contributed by atoms with Crippen LogP contribution in [0.5, 0.6) is 5.75 Å². The number of likely N-dealkylation sites (tertiary alicyclic amines) is 1. The molecule has 0 saturated carbocycles. The quantitative estimate of drug-likeness (QED) is 0.210. The first-order valence-corrected chi connectivity index (χ1v) is 10.2. The van der Waals surface area contributed by atoms with Gasteiger partial charge in [0.15, 0.2) is 5.96 Å². The Bertz CT molecular complexity index is 554. The Hall–Kier alpha value is -1.06. The number of hydrogen-bond donors (Lipinski definition) is 2. The van der Waals surface area contributed by atoms with E-state index in [4.69, 9.17) is 14.5 Å². The SMILES string of the molecule is CCNC(=NCC1CCCN1CC)NCCCOCc1ccc(OC)cc1.I. The number of rotatable bonds is 11. The van der Waals surface area contributed by atoms with Crippen LogP contribution in [0, 0.1) is 0 Å². The van der Waals surface area contributed by atoms with Crippen LogP contribution in [0.2, 0.25) is 0 Å². The van der Waals surface area contributed by atoms with Crippen molar-refractivity contribution < 1.29 is 9.47 Å². The highest BCUT2D eigenvalue weighted by Gasteiger charge is 2.22. The van der Waals surface area contributed by atoms with E-state index in [0.717, 1.165) is 56.5 Å². The topological polar surface area (TPSA) is 58.1 Å². The van der Waals surface area contributed by atoms with Gasteiger partial charge in [-0.15, -0.1) is 24.0 Å². The molecule has 7 heteroatoms. The Morgan fingerprint density at radius 1 is 1.21 bits per heavy atom. The Kier molecular flexibility index (Phi) is 13.3. The number of benzene rings is 1. The number of likely N-dealkylation sites (N-methyl/N-ethyl adjacent to an activating group) is 1. The van der Waals surface area contributed by atoms with Gasteiger partial charge in [-0.2, -0.15) is 0 Å². The van der Waals surface area contributed by atoms with Crippen molar-refractivity contribution in [1.82, 2.24) is 15.5 Å². The molecule has 1 unspecified atom stereocenters. The summed E-state index contributed by atoms with van der Waals surface area (Å²) in [6.07, 6.45) is 3.50. The van der Waals surface area contributed by atoms with Crippen LogP contribution in [-0.4, -0.2) is 63.3 Å². The molecule has 2 rings (SSSR count). The number of nitrogens with one attached hydrogen (secondary N) is 2. The molecule has 1 heterocycles. The van der Waals surface area contributed by atoms with Crippen LogP contribution in [0.4, 0.5) is 0 Å². The average molecular weight is 504 g/mol. The number of nitrogens with zero attached hydrogens (tertiary/aromatic N) is 2. The monoisotopic (exact) mass is 504 g/mol. The number of guanidine groups is 1. The summed E-state index contributed by atoms with van der Waals surface area (Å²) in [5, 5.41) is 6.75. The Morgan fingerprint density at radius 3 is 2.68 bits per heavy atom. The van der Waals surface area contributed by atoms with Crippen LogP contribution in [0.3, 0.4) is 0 Å². The summed E-state index contributed by atoms with van der Waals surface area (Å²) in [6.45, 7) is 10.6. The van der Waals surface area contributed by atoms with Crippen LogP contribution in [0.15, 0.2) is 29.3 Å². The molecular weight excluding hydrogens is 467 g/mol. The van der Waals surface area contributed by atoms with Crippen molar-refractivity contribution in [1.29, 1.82) is 0 Å². The van der Waals surface area contributed by atoms with Gasteiger partial charge in [-0.1, -0.05) is 19.1 Å². The van der Waals surface area contributed by atoms with Crippen molar-refractivity contribution in [3.8, 4) is 5.75 Å². The molecule has 6 nitrogen and oxygen atoms in total. The van der Waals surface area contributed by atoms with E-state index in [-0.39, 0.29) is 24.0 Å². The molecule has 2 N–H and O–H groups in total. The fourth-order valence-electron chi connectivity index (χ4n) is 3.35. The van der Waals surface area contributed by atoms with Crippen molar-refractivity contribution >= 4 is 29.9 Å². The van der Waals surface area contributed by atoms with Crippen molar-refractivity contribution in [2.24, 2.45) is 4.99 Å². The zero-order chi connectivity index (χ0) is 19.3. The summed E-state index contributed by atoms with van der Waals surface area (Å²) in [6, 6.07) is 8.59. The molecule has 0 radical (unpaired) electrons. The molecule has 0 spiro atoms. The molecule has 0 aromatic heterocycles. The minimum atomic E-state index is 0. The summed E-state index contributed by atoms with van der Waals surface area (Å²) in [4.78, 5) is 7.30. The van der Waals surface area contributed by atoms with Gasteiger partial charge in [0.25, 0.3) is 0 Å². The second-order valence-electron chi connectivity index (χ2n) is 6.83. The van der Waals surface area contributed by atoms with Crippen molar-refractivity contribution in [2.45, 2.75) is 45.8 Å². The van der Waals surface area contributed by atoms with Crippen LogP contribution in [0.25, 0.3) is 0 Å². The Labute approximate surface area is 187 Å². The van der Waals surface area contributed by atoms with E-state index in [1.165, 1.54) is 19.4 Å². The Balaban J connectivity index is 0.00000392. The average Bonchev–Trinajstić information content (AvgIpc) is 3.16. The maximum Gasteiger partial charge on any atom is 0.191 e. The van der Waals surface area contributed by atoms with Crippen molar-refractivity contribution in [3.63, 3.8) is 0 Å². The molecule has 0 amide bonds. The first-order valence-electron chi connectivity index (χ1n) is 10.2. The predicted molar refractivity (Wildman–Crippen MR) is 127 cm³/mol. The molecule has 1 aromatic rings. The summed E-state index contributed by atoms with van der Waals surface area (Å²) in [5.74, 6) is 1.79. The van der Waals surface area contributed by atoms with E-state index < -0.39 is 0 Å². The van der Waals surface area contributed by atoms with E-state index in [2.05, 4.69) is 29.4 Å². The lowest BCUT2D eigenvalue weighted by atomic mass is 10.2. The van der Waals surface area contributed by atoms with Gasteiger partial charge in [0.2, 0.25) is 0 Å². The summed E-state index contributed by atoms with van der Waals surface area (Å²) in [7, 11) is 1.68. The molecule has 1 aliphatic heterocycles. The maximum absolute atomic E-state index is 5.76. The number of halogens is 1. The van der Waals surface area contributed by atoms with E-state index in [1.807, 2.05) is 24.3 Å². The maximum atomic E-state index is 5.76. The van der Waals surface area contributed by atoms with Gasteiger partial charge in [0.05, 0.1) is 20.3 Å². The van der Waals surface area contributed by atoms with Crippen molar-refractivity contribution in [2.75, 3.05) is 46.4 Å². The fraction of sp³-hybridized carbons (Fsp3) is 0.667. The molecule has 28 heavy (non-hydrogen) atoms. The molecular formula is C21H37IN4O2.